The van der Waals surface area contributed by atoms with Crippen LogP contribution in [0.5, 0.6) is 0 Å². The van der Waals surface area contributed by atoms with Gasteiger partial charge in [-0.3, -0.25) is 4.79 Å². The van der Waals surface area contributed by atoms with Crippen LogP contribution < -0.4 is 5.73 Å². The summed E-state index contributed by atoms with van der Waals surface area (Å²) < 4.78 is 5.18. The van der Waals surface area contributed by atoms with Crippen molar-refractivity contribution in [3.63, 3.8) is 0 Å². The molecule has 15 heavy (non-hydrogen) atoms. The number of nitriles is 1. The lowest BCUT2D eigenvalue weighted by Crippen LogP contribution is -2.62. The number of carbonyl (C=O) groups is 1. The van der Waals surface area contributed by atoms with E-state index in [1.165, 1.54) is 0 Å². The fourth-order valence-corrected chi connectivity index (χ4v) is 2.00. The van der Waals surface area contributed by atoms with Gasteiger partial charge in [-0.05, 0) is 19.3 Å². The van der Waals surface area contributed by atoms with E-state index in [4.69, 9.17) is 15.7 Å². The maximum absolute atomic E-state index is 12.0. The monoisotopic (exact) mass is 209 g/mol. The topological polar surface area (TPSA) is 79.4 Å². The molecule has 0 aromatic heterocycles. The number of nitrogens with zero attached hydrogens (tertiary/aromatic N) is 2. The Labute approximate surface area is 88.8 Å². The van der Waals surface area contributed by atoms with Gasteiger partial charge in [0.15, 0.2) is 6.10 Å². The van der Waals surface area contributed by atoms with Crippen molar-refractivity contribution >= 4 is 5.91 Å². The highest BCUT2D eigenvalue weighted by molar-refractivity contribution is 5.87. The van der Waals surface area contributed by atoms with Gasteiger partial charge in [0.1, 0.15) is 0 Å². The highest BCUT2D eigenvalue weighted by atomic mass is 16.5. The van der Waals surface area contributed by atoms with Crippen molar-refractivity contribution in [1.29, 1.82) is 5.26 Å². The van der Waals surface area contributed by atoms with Crippen molar-refractivity contribution in [2.45, 2.75) is 30.9 Å². The highest BCUT2D eigenvalue weighted by Crippen LogP contribution is 2.31. The van der Waals surface area contributed by atoms with Crippen LogP contribution in [0.15, 0.2) is 0 Å². The van der Waals surface area contributed by atoms with Crippen LogP contribution in [-0.2, 0) is 9.53 Å². The smallest absolute Gasteiger partial charge is 0.242 e. The summed E-state index contributed by atoms with van der Waals surface area (Å²) in [7, 11) is 0. The van der Waals surface area contributed by atoms with Gasteiger partial charge in [0.05, 0.1) is 24.8 Å². The second-order valence-corrected chi connectivity index (χ2v) is 4.25. The van der Waals surface area contributed by atoms with Crippen molar-refractivity contribution in [1.82, 2.24) is 4.90 Å². The molecule has 1 atom stereocenters. The van der Waals surface area contributed by atoms with E-state index in [-0.39, 0.29) is 5.91 Å². The lowest BCUT2D eigenvalue weighted by atomic mass is 9.76. The quantitative estimate of drug-likeness (QED) is 0.638. The Hall–Kier alpha value is -1.12. The number of morpholine rings is 1. The van der Waals surface area contributed by atoms with Crippen LogP contribution in [0.3, 0.4) is 0 Å². The van der Waals surface area contributed by atoms with Crippen LogP contribution in [0.4, 0.5) is 0 Å². The predicted molar refractivity (Wildman–Crippen MR) is 52.7 cm³/mol. The number of amides is 1. The molecule has 0 spiro atoms. The Morgan fingerprint density at radius 3 is 2.87 bits per heavy atom. The van der Waals surface area contributed by atoms with Crippen LogP contribution in [0.1, 0.15) is 19.3 Å². The molecule has 1 saturated carbocycles. The Morgan fingerprint density at radius 2 is 2.33 bits per heavy atom. The molecule has 1 saturated heterocycles. The van der Waals surface area contributed by atoms with Crippen LogP contribution in [0, 0.1) is 11.3 Å². The summed E-state index contributed by atoms with van der Waals surface area (Å²) in [6.07, 6.45) is 2.06. The summed E-state index contributed by atoms with van der Waals surface area (Å²) >= 11 is 0. The van der Waals surface area contributed by atoms with Crippen molar-refractivity contribution in [2.75, 3.05) is 19.7 Å². The molecule has 5 nitrogen and oxygen atoms in total. The molecule has 1 heterocycles. The Kier molecular flexibility index (Phi) is 2.63. The molecule has 2 rings (SSSR count). The van der Waals surface area contributed by atoms with Crippen molar-refractivity contribution in [3.8, 4) is 6.07 Å². The van der Waals surface area contributed by atoms with E-state index in [0.717, 1.165) is 19.3 Å². The van der Waals surface area contributed by atoms with E-state index in [0.29, 0.717) is 19.7 Å². The zero-order valence-electron chi connectivity index (χ0n) is 8.61. The minimum absolute atomic E-state index is 0.0164. The van der Waals surface area contributed by atoms with Gasteiger partial charge in [0.2, 0.25) is 5.91 Å². The average molecular weight is 209 g/mol. The van der Waals surface area contributed by atoms with Gasteiger partial charge >= 0.3 is 0 Å². The van der Waals surface area contributed by atoms with Gasteiger partial charge in [-0.2, -0.15) is 5.26 Å². The third kappa shape index (κ3) is 1.83. The Morgan fingerprint density at radius 1 is 1.60 bits per heavy atom. The van der Waals surface area contributed by atoms with Crippen molar-refractivity contribution in [2.24, 2.45) is 5.73 Å². The summed E-state index contributed by atoms with van der Waals surface area (Å²) in [5, 5.41) is 8.72. The van der Waals surface area contributed by atoms with Gasteiger partial charge in [-0.25, -0.2) is 0 Å². The molecular formula is C10H15N3O2. The molecule has 1 aliphatic heterocycles. The number of hydrogen-bond acceptors (Lipinski definition) is 4. The summed E-state index contributed by atoms with van der Waals surface area (Å²) in [4.78, 5) is 13.7. The van der Waals surface area contributed by atoms with E-state index >= 15 is 0 Å². The molecule has 5 heteroatoms. The molecule has 0 bridgehead atoms. The fraction of sp³-hybridized carbons (Fsp3) is 0.800. The van der Waals surface area contributed by atoms with Crippen LogP contribution in [-0.4, -0.2) is 42.1 Å². The number of carbonyl (C=O) groups excluding carboxylic acids is 1. The highest BCUT2D eigenvalue weighted by Gasteiger charge is 2.43. The maximum atomic E-state index is 12.0. The molecule has 2 N–H and O–H groups in total. The lowest BCUT2D eigenvalue weighted by molar-refractivity contribution is -0.146. The molecule has 0 aromatic rings. The van der Waals surface area contributed by atoms with Crippen molar-refractivity contribution in [3.05, 3.63) is 0 Å². The molecule has 1 unspecified atom stereocenters. The first-order valence-corrected chi connectivity index (χ1v) is 5.25. The third-order valence-corrected chi connectivity index (χ3v) is 3.17. The Balaban J connectivity index is 1.98. The standard InChI is InChI=1S/C10H15N3O2/c11-6-8-7-13(4-5-15-8)9(14)10(12)2-1-3-10/h8H,1-5,7,12H2. The van der Waals surface area contributed by atoms with Gasteiger partial charge in [0.25, 0.3) is 0 Å². The predicted octanol–water partition coefficient (Wildman–Crippen LogP) is -0.381. The average Bonchev–Trinajstić information content (AvgIpc) is 2.25. The fourth-order valence-electron chi connectivity index (χ4n) is 2.00. The molecule has 2 fully saturated rings. The second-order valence-electron chi connectivity index (χ2n) is 4.25. The van der Waals surface area contributed by atoms with Crippen molar-refractivity contribution < 1.29 is 9.53 Å². The maximum Gasteiger partial charge on any atom is 0.242 e. The minimum atomic E-state index is -0.655. The van der Waals surface area contributed by atoms with Gasteiger partial charge in [-0.1, -0.05) is 0 Å². The third-order valence-electron chi connectivity index (χ3n) is 3.17. The molecule has 0 radical (unpaired) electrons. The number of nitrogens with two attached hydrogens (primary N) is 1. The first kappa shape index (κ1) is 10.4. The van der Waals surface area contributed by atoms with E-state index in [1.54, 1.807) is 4.90 Å². The van der Waals surface area contributed by atoms with Gasteiger partial charge in [0, 0.05) is 6.54 Å². The number of rotatable bonds is 1. The minimum Gasteiger partial charge on any atom is -0.360 e. The summed E-state index contributed by atoms with van der Waals surface area (Å²) in [5.74, 6) is -0.0164. The van der Waals surface area contributed by atoms with Crippen LogP contribution in [0.25, 0.3) is 0 Å². The number of hydrogen-bond donors (Lipinski definition) is 1. The second kappa shape index (κ2) is 3.80. The van der Waals surface area contributed by atoms with E-state index in [1.807, 2.05) is 6.07 Å². The molecule has 82 valence electrons. The lowest BCUT2D eigenvalue weighted by Gasteiger charge is -2.42. The first-order valence-electron chi connectivity index (χ1n) is 5.25. The molecule has 1 amide bonds. The first-order chi connectivity index (χ1) is 7.15. The zero-order valence-corrected chi connectivity index (χ0v) is 8.61. The largest absolute Gasteiger partial charge is 0.360 e. The van der Waals surface area contributed by atoms with E-state index < -0.39 is 11.6 Å². The van der Waals surface area contributed by atoms with E-state index in [2.05, 4.69) is 0 Å². The summed E-state index contributed by atoms with van der Waals surface area (Å²) in [6.45, 7) is 1.34. The Bertz CT molecular complexity index is 306. The molecule has 2 aliphatic rings. The normalized spacial score (nSPS) is 29.1. The molecule has 0 aromatic carbocycles. The van der Waals surface area contributed by atoms with E-state index in [9.17, 15) is 4.79 Å². The molecular weight excluding hydrogens is 194 g/mol. The van der Waals surface area contributed by atoms with Crippen LogP contribution >= 0.6 is 0 Å². The molecule has 1 aliphatic carbocycles. The number of ether oxygens (including phenoxy) is 1. The van der Waals surface area contributed by atoms with Gasteiger partial charge < -0.3 is 15.4 Å². The summed E-state index contributed by atoms with van der Waals surface area (Å²) in [6, 6.07) is 2.02. The van der Waals surface area contributed by atoms with Gasteiger partial charge in [-0.15, -0.1) is 0 Å². The summed E-state index contributed by atoms with van der Waals surface area (Å²) in [5.41, 5.74) is 5.29. The van der Waals surface area contributed by atoms with Crippen LogP contribution in [0.2, 0.25) is 0 Å². The zero-order chi connectivity index (χ0) is 10.9. The SMILES string of the molecule is N#CC1CN(C(=O)C2(N)CCC2)CCO1.